The van der Waals surface area contributed by atoms with Crippen LogP contribution < -0.4 is 10.6 Å². The Balaban J connectivity index is 1.51. The maximum atomic E-state index is 11.6. The van der Waals surface area contributed by atoms with Crippen LogP contribution in [0.25, 0.3) is 0 Å². The van der Waals surface area contributed by atoms with Gasteiger partial charge in [-0.05, 0) is 62.1 Å². The van der Waals surface area contributed by atoms with Crippen LogP contribution in [0, 0.1) is 11.8 Å². The van der Waals surface area contributed by atoms with Crippen molar-refractivity contribution in [1.82, 2.24) is 20.4 Å². The molecule has 31 heavy (non-hydrogen) atoms. The van der Waals surface area contributed by atoms with E-state index in [0.29, 0.717) is 18.9 Å². The van der Waals surface area contributed by atoms with Crippen molar-refractivity contribution >= 4 is 11.9 Å². The zero-order valence-electron chi connectivity index (χ0n) is 19.7. The predicted octanol–water partition coefficient (Wildman–Crippen LogP) is 3.23. The van der Waals surface area contributed by atoms with Crippen molar-refractivity contribution in [1.29, 1.82) is 0 Å². The SMILES string of the molecule is CCNC(=NCc1ccc(CN2CCCC(C)C2)cc1)N1CCC(CC(=O)NC)CC1. The summed E-state index contributed by atoms with van der Waals surface area (Å²) in [5.74, 6) is 2.44. The molecule has 2 aliphatic heterocycles. The number of nitrogens with zero attached hydrogens (tertiary/aromatic N) is 3. The Hall–Kier alpha value is -2.08. The van der Waals surface area contributed by atoms with Gasteiger partial charge in [0.1, 0.15) is 0 Å². The van der Waals surface area contributed by atoms with E-state index in [1.165, 1.54) is 37.1 Å². The van der Waals surface area contributed by atoms with Gasteiger partial charge in [-0.15, -0.1) is 0 Å². The van der Waals surface area contributed by atoms with Crippen LogP contribution in [0.1, 0.15) is 57.1 Å². The fourth-order valence-corrected chi connectivity index (χ4v) is 4.74. The fourth-order valence-electron chi connectivity index (χ4n) is 4.74. The Morgan fingerprint density at radius 3 is 2.45 bits per heavy atom. The first-order valence-corrected chi connectivity index (χ1v) is 12.1. The summed E-state index contributed by atoms with van der Waals surface area (Å²) in [5, 5.41) is 6.19. The number of hydrogen-bond acceptors (Lipinski definition) is 3. The fraction of sp³-hybridized carbons (Fsp3) is 0.680. The van der Waals surface area contributed by atoms with Crippen molar-refractivity contribution < 1.29 is 4.79 Å². The minimum Gasteiger partial charge on any atom is -0.359 e. The van der Waals surface area contributed by atoms with E-state index < -0.39 is 0 Å². The van der Waals surface area contributed by atoms with Gasteiger partial charge in [-0.1, -0.05) is 31.2 Å². The lowest BCUT2D eigenvalue weighted by Crippen LogP contribution is -2.46. The second kappa shape index (κ2) is 12.1. The second-order valence-electron chi connectivity index (χ2n) is 9.28. The highest BCUT2D eigenvalue weighted by molar-refractivity contribution is 5.80. The Bertz CT molecular complexity index is 709. The molecule has 1 aromatic rings. The number of nitrogens with one attached hydrogen (secondary N) is 2. The molecule has 1 aromatic carbocycles. The van der Waals surface area contributed by atoms with Crippen molar-refractivity contribution in [3.8, 4) is 0 Å². The maximum Gasteiger partial charge on any atom is 0.220 e. The molecule has 2 fully saturated rings. The third-order valence-corrected chi connectivity index (χ3v) is 6.58. The van der Waals surface area contributed by atoms with Crippen LogP contribution in [0.15, 0.2) is 29.3 Å². The number of carbonyl (C=O) groups is 1. The van der Waals surface area contributed by atoms with E-state index in [9.17, 15) is 4.79 Å². The van der Waals surface area contributed by atoms with Crippen LogP contribution in [0.3, 0.4) is 0 Å². The smallest absolute Gasteiger partial charge is 0.220 e. The number of carbonyl (C=O) groups excluding carboxylic acids is 1. The van der Waals surface area contributed by atoms with Crippen molar-refractivity contribution in [2.24, 2.45) is 16.8 Å². The third-order valence-electron chi connectivity index (χ3n) is 6.58. The number of amides is 1. The lowest BCUT2D eigenvalue weighted by Gasteiger charge is -2.34. The van der Waals surface area contributed by atoms with Gasteiger partial charge in [0.15, 0.2) is 5.96 Å². The van der Waals surface area contributed by atoms with Gasteiger partial charge in [-0.25, -0.2) is 4.99 Å². The monoisotopic (exact) mass is 427 g/mol. The number of likely N-dealkylation sites (tertiary alicyclic amines) is 2. The van der Waals surface area contributed by atoms with Crippen molar-refractivity contribution in [2.45, 2.75) is 59.0 Å². The Labute approximate surface area is 188 Å². The summed E-state index contributed by atoms with van der Waals surface area (Å²) in [4.78, 5) is 21.5. The highest BCUT2D eigenvalue weighted by Crippen LogP contribution is 2.21. The molecule has 2 N–H and O–H groups in total. The van der Waals surface area contributed by atoms with Crippen molar-refractivity contribution in [3.05, 3.63) is 35.4 Å². The van der Waals surface area contributed by atoms with Crippen LogP contribution in [0.5, 0.6) is 0 Å². The van der Waals surface area contributed by atoms with Crippen molar-refractivity contribution in [3.63, 3.8) is 0 Å². The lowest BCUT2D eigenvalue weighted by molar-refractivity contribution is -0.121. The maximum absolute atomic E-state index is 11.6. The molecule has 1 unspecified atom stereocenters. The number of aliphatic imine (C=N–C) groups is 1. The van der Waals surface area contributed by atoms with Gasteiger partial charge in [-0.3, -0.25) is 9.69 Å². The highest BCUT2D eigenvalue weighted by atomic mass is 16.1. The molecule has 3 rings (SSSR count). The summed E-state index contributed by atoms with van der Waals surface area (Å²) >= 11 is 0. The largest absolute Gasteiger partial charge is 0.359 e. The summed E-state index contributed by atoms with van der Waals surface area (Å²) in [6.45, 7) is 11.5. The Morgan fingerprint density at radius 2 is 1.81 bits per heavy atom. The molecule has 2 heterocycles. The van der Waals surface area contributed by atoms with Crippen LogP contribution in [0.4, 0.5) is 0 Å². The molecule has 0 spiro atoms. The molecule has 0 bridgehead atoms. The normalized spacial score (nSPS) is 21.2. The van der Waals surface area contributed by atoms with Gasteiger partial charge >= 0.3 is 0 Å². The zero-order chi connectivity index (χ0) is 22.1. The molecule has 172 valence electrons. The number of hydrogen-bond donors (Lipinski definition) is 2. The Kier molecular flexibility index (Phi) is 9.19. The Morgan fingerprint density at radius 1 is 1.10 bits per heavy atom. The second-order valence-corrected chi connectivity index (χ2v) is 9.28. The van der Waals surface area contributed by atoms with Gasteiger partial charge in [0.25, 0.3) is 0 Å². The number of benzene rings is 1. The summed E-state index contributed by atoms with van der Waals surface area (Å²) in [6.07, 6.45) is 5.42. The van der Waals surface area contributed by atoms with Crippen LogP contribution in [-0.2, 0) is 17.9 Å². The van der Waals surface area contributed by atoms with E-state index in [2.05, 4.69) is 58.5 Å². The van der Waals surface area contributed by atoms with E-state index in [1.807, 2.05) is 0 Å². The van der Waals surface area contributed by atoms with Crippen LogP contribution in [0.2, 0.25) is 0 Å². The summed E-state index contributed by atoms with van der Waals surface area (Å²) in [6, 6.07) is 8.99. The highest BCUT2D eigenvalue weighted by Gasteiger charge is 2.23. The molecule has 6 nitrogen and oxygen atoms in total. The molecule has 0 aliphatic carbocycles. The molecule has 0 aromatic heterocycles. The standard InChI is InChI=1S/C25H41N5O/c1-4-27-25(30-14-11-21(12-15-30)16-24(31)26-3)28-17-22-7-9-23(10-8-22)19-29-13-5-6-20(2)18-29/h7-10,20-21H,4-6,11-19H2,1-3H3,(H,26,31)(H,27,28). The molecule has 0 saturated carbocycles. The minimum absolute atomic E-state index is 0.150. The molecular weight excluding hydrogens is 386 g/mol. The van der Waals surface area contributed by atoms with E-state index in [4.69, 9.17) is 4.99 Å². The zero-order valence-corrected chi connectivity index (χ0v) is 19.7. The molecule has 1 amide bonds. The minimum atomic E-state index is 0.150. The summed E-state index contributed by atoms with van der Waals surface area (Å²) < 4.78 is 0. The molecule has 2 saturated heterocycles. The number of piperidine rings is 2. The summed E-state index contributed by atoms with van der Waals surface area (Å²) in [5.41, 5.74) is 2.65. The van der Waals surface area contributed by atoms with Gasteiger partial charge in [0.2, 0.25) is 5.91 Å². The van der Waals surface area contributed by atoms with Crippen LogP contribution >= 0.6 is 0 Å². The van der Waals surface area contributed by atoms with E-state index >= 15 is 0 Å². The summed E-state index contributed by atoms with van der Waals surface area (Å²) in [7, 11) is 1.72. The predicted molar refractivity (Wildman–Crippen MR) is 128 cm³/mol. The average Bonchev–Trinajstić information content (AvgIpc) is 2.78. The van der Waals surface area contributed by atoms with E-state index in [0.717, 1.165) is 50.9 Å². The quantitative estimate of drug-likeness (QED) is 0.518. The molecule has 0 radical (unpaired) electrons. The van der Waals surface area contributed by atoms with Crippen molar-refractivity contribution in [2.75, 3.05) is 39.8 Å². The van der Waals surface area contributed by atoms with E-state index in [1.54, 1.807) is 7.05 Å². The average molecular weight is 428 g/mol. The number of guanidine groups is 1. The molecule has 6 heteroatoms. The topological polar surface area (TPSA) is 60.0 Å². The van der Waals surface area contributed by atoms with E-state index in [-0.39, 0.29) is 5.91 Å². The first kappa shape index (κ1) is 23.6. The third kappa shape index (κ3) is 7.53. The van der Waals surface area contributed by atoms with Crippen LogP contribution in [-0.4, -0.2) is 61.4 Å². The molecular formula is C25H41N5O. The first-order chi connectivity index (χ1) is 15.1. The van der Waals surface area contributed by atoms with Gasteiger partial charge < -0.3 is 15.5 Å². The van der Waals surface area contributed by atoms with Gasteiger partial charge in [-0.2, -0.15) is 0 Å². The lowest BCUT2D eigenvalue weighted by atomic mass is 9.93. The molecule has 1 atom stereocenters. The first-order valence-electron chi connectivity index (χ1n) is 12.1. The van der Waals surface area contributed by atoms with Gasteiger partial charge in [0, 0.05) is 46.2 Å². The molecule has 2 aliphatic rings. The number of rotatable bonds is 7. The van der Waals surface area contributed by atoms with Gasteiger partial charge in [0.05, 0.1) is 6.54 Å².